The van der Waals surface area contributed by atoms with Gasteiger partial charge in [0.25, 0.3) is 0 Å². The molecule has 2 aliphatic rings. The van der Waals surface area contributed by atoms with Gasteiger partial charge in [0, 0.05) is 45.2 Å². The number of carbonyl (C=O) groups excluding carboxylic acids is 1. The van der Waals surface area contributed by atoms with Crippen LogP contribution in [0, 0.1) is 12.3 Å². The highest BCUT2D eigenvalue weighted by molar-refractivity contribution is 5.79. The van der Waals surface area contributed by atoms with E-state index in [1.54, 1.807) is 0 Å². The maximum absolute atomic E-state index is 11.6. The van der Waals surface area contributed by atoms with E-state index in [4.69, 9.17) is 6.42 Å². The second-order valence-corrected chi connectivity index (χ2v) is 4.47. The van der Waals surface area contributed by atoms with Gasteiger partial charge in [-0.1, -0.05) is 5.92 Å². The van der Waals surface area contributed by atoms with E-state index in [0.29, 0.717) is 19.0 Å². The number of hydrogen-bond acceptors (Lipinski definition) is 3. The van der Waals surface area contributed by atoms with E-state index in [9.17, 15) is 4.79 Å². The minimum Gasteiger partial charge on any atom is -0.327 e. The number of carbonyl (C=O) groups is 1. The van der Waals surface area contributed by atoms with Crippen LogP contribution in [0.1, 0.15) is 12.8 Å². The van der Waals surface area contributed by atoms with Crippen molar-refractivity contribution in [1.29, 1.82) is 0 Å². The number of nitrogens with one attached hydrogen (secondary N) is 1. The average Bonchev–Trinajstić information content (AvgIpc) is 2.64. The third-order valence-electron chi connectivity index (χ3n) is 3.39. The molecule has 0 aromatic rings. The van der Waals surface area contributed by atoms with Crippen molar-refractivity contribution in [1.82, 2.24) is 15.1 Å². The lowest BCUT2D eigenvalue weighted by Gasteiger charge is -2.32. The SMILES string of the molecule is C#CCN1C(=O)CCC1CN1CCNCC1. The summed E-state index contributed by atoms with van der Waals surface area (Å²) in [6, 6.07) is 0.335. The Kier molecular flexibility index (Phi) is 3.81. The quantitative estimate of drug-likeness (QED) is 0.654. The first-order chi connectivity index (χ1) is 7.81. The van der Waals surface area contributed by atoms with Gasteiger partial charge in [0.2, 0.25) is 5.91 Å². The molecular weight excluding hydrogens is 202 g/mol. The smallest absolute Gasteiger partial charge is 0.223 e. The molecule has 0 spiro atoms. The molecule has 0 aliphatic carbocycles. The van der Waals surface area contributed by atoms with Crippen molar-refractivity contribution in [2.24, 2.45) is 0 Å². The van der Waals surface area contributed by atoms with Crippen LogP contribution in [-0.4, -0.2) is 61.0 Å². The summed E-state index contributed by atoms with van der Waals surface area (Å²) in [5.74, 6) is 2.80. The lowest BCUT2D eigenvalue weighted by Crippen LogP contribution is -2.49. The van der Waals surface area contributed by atoms with Crippen molar-refractivity contribution in [2.75, 3.05) is 39.3 Å². The molecule has 4 nitrogen and oxygen atoms in total. The van der Waals surface area contributed by atoms with Crippen molar-refractivity contribution < 1.29 is 4.79 Å². The fourth-order valence-corrected chi connectivity index (χ4v) is 2.49. The van der Waals surface area contributed by atoms with Crippen molar-refractivity contribution in [3.05, 3.63) is 0 Å². The maximum atomic E-state index is 11.6. The fraction of sp³-hybridized carbons (Fsp3) is 0.750. The summed E-state index contributed by atoms with van der Waals surface area (Å²) >= 11 is 0. The van der Waals surface area contributed by atoms with Crippen LogP contribution in [0.3, 0.4) is 0 Å². The van der Waals surface area contributed by atoms with Crippen LogP contribution in [0.15, 0.2) is 0 Å². The molecule has 1 N–H and O–H groups in total. The van der Waals surface area contributed by atoms with Gasteiger partial charge < -0.3 is 10.2 Å². The molecule has 88 valence electrons. The lowest BCUT2D eigenvalue weighted by molar-refractivity contribution is -0.128. The predicted octanol–water partition coefficient (Wildman–Crippen LogP) is -0.484. The summed E-state index contributed by atoms with van der Waals surface area (Å²) in [4.78, 5) is 15.9. The Hall–Kier alpha value is -1.05. The minimum absolute atomic E-state index is 0.220. The fourth-order valence-electron chi connectivity index (χ4n) is 2.49. The van der Waals surface area contributed by atoms with E-state index >= 15 is 0 Å². The molecular formula is C12H19N3O. The van der Waals surface area contributed by atoms with E-state index < -0.39 is 0 Å². The number of likely N-dealkylation sites (tertiary alicyclic amines) is 1. The average molecular weight is 221 g/mol. The van der Waals surface area contributed by atoms with E-state index in [0.717, 1.165) is 39.1 Å². The minimum atomic E-state index is 0.220. The van der Waals surface area contributed by atoms with Crippen LogP contribution in [0.4, 0.5) is 0 Å². The van der Waals surface area contributed by atoms with Crippen LogP contribution in [-0.2, 0) is 4.79 Å². The Bertz CT molecular complexity index is 291. The Balaban J connectivity index is 1.88. The number of nitrogens with zero attached hydrogens (tertiary/aromatic N) is 2. The number of piperazine rings is 1. The van der Waals surface area contributed by atoms with Gasteiger partial charge in [-0.05, 0) is 6.42 Å². The van der Waals surface area contributed by atoms with Crippen LogP contribution in [0.2, 0.25) is 0 Å². The lowest BCUT2D eigenvalue weighted by atomic mass is 10.2. The van der Waals surface area contributed by atoms with E-state index in [1.165, 1.54) is 0 Å². The summed E-state index contributed by atoms with van der Waals surface area (Å²) in [5, 5.41) is 3.33. The first-order valence-electron chi connectivity index (χ1n) is 5.97. The first kappa shape index (κ1) is 11.4. The Morgan fingerprint density at radius 3 is 2.88 bits per heavy atom. The van der Waals surface area contributed by atoms with Crippen molar-refractivity contribution in [3.8, 4) is 12.3 Å². The highest BCUT2D eigenvalue weighted by Crippen LogP contribution is 2.19. The molecule has 0 bridgehead atoms. The largest absolute Gasteiger partial charge is 0.327 e. The van der Waals surface area contributed by atoms with Crippen LogP contribution >= 0.6 is 0 Å². The molecule has 0 saturated carbocycles. The van der Waals surface area contributed by atoms with Crippen LogP contribution in [0.25, 0.3) is 0 Å². The van der Waals surface area contributed by atoms with Gasteiger partial charge in [-0.25, -0.2) is 0 Å². The zero-order valence-corrected chi connectivity index (χ0v) is 9.61. The first-order valence-corrected chi connectivity index (χ1v) is 5.97. The summed E-state index contributed by atoms with van der Waals surface area (Å²) in [7, 11) is 0. The molecule has 2 saturated heterocycles. The molecule has 0 aromatic carbocycles. The molecule has 1 atom stereocenters. The van der Waals surface area contributed by atoms with Crippen molar-refractivity contribution >= 4 is 5.91 Å². The molecule has 0 aromatic heterocycles. The molecule has 1 amide bonds. The highest BCUT2D eigenvalue weighted by Gasteiger charge is 2.31. The van der Waals surface area contributed by atoms with Gasteiger partial charge in [-0.15, -0.1) is 6.42 Å². The van der Waals surface area contributed by atoms with Gasteiger partial charge in [0.05, 0.1) is 6.54 Å². The van der Waals surface area contributed by atoms with Gasteiger partial charge >= 0.3 is 0 Å². The summed E-state index contributed by atoms with van der Waals surface area (Å²) in [6.07, 6.45) is 6.93. The molecule has 2 rings (SSSR count). The van der Waals surface area contributed by atoms with Crippen LogP contribution in [0.5, 0.6) is 0 Å². The summed E-state index contributed by atoms with van der Waals surface area (Å²) in [6.45, 7) is 5.71. The van der Waals surface area contributed by atoms with Gasteiger partial charge in [0.1, 0.15) is 0 Å². The Labute approximate surface area is 97.0 Å². The third-order valence-corrected chi connectivity index (χ3v) is 3.39. The van der Waals surface area contributed by atoms with Gasteiger partial charge in [-0.3, -0.25) is 9.69 Å². The number of terminal acetylenes is 1. The molecule has 2 aliphatic heterocycles. The second kappa shape index (κ2) is 5.33. The number of hydrogen-bond donors (Lipinski definition) is 1. The normalized spacial score (nSPS) is 27.1. The molecule has 4 heteroatoms. The highest BCUT2D eigenvalue weighted by atomic mass is 16.2. The molecule has 2 heterocycles. The van der Waals surface area contributed by atoms with Gasteiger partial charge in [-0.2, -0.15) is 0 Å². The topological polar surface area (TPSA) is 35.6 Å². The molecule has 2 fully saturated rings. The molecule has 0 radical (unpaired) electrons. The molecule has 1 unspecified atom stereocenters. The van der Waals surface area contributed by atoms with Gasteiger partial charge in [0.15, 0.2) is 0 Å². The zero-order valence-electron chi connectivity index (χ0n) is 9.61. The second-order valence-electron chi connectivity index (χ2n) is 4.47. The Morgan fingerprint density at radius 2 is 2.19 bits per heavy atom. The zero-order chi connectivity index (χ0) is 11.4. The maximum Gasteiger partial charge on any atom is 0.223 e. The van der Waals surface area contributed by atoms with Crippen molar-refractivity contribution in [3.63, 3.8) is 0 Å². The monoisotopic (exact) mass is 221 g/mol. The summed E-state index contributed by atoms with van der Waals surface area (Å²) in [5.41, 5.74) is 0. The number of rotatable bonds is 3. The van der Waals surface area contributed by atoms with Crippen molar-refractivity contribution in [2.45, 2.75) is 18.9 Å². The van der Waals surface area contributed by atoms with E-state index in [2.05, 4.69) is 16.1 Å². The van der Waals surface area contributed by atoms with E-state index in [1.807, 2.05) is 4.90 Å². The number of amides is 1. The van der Waals surface area contributed by atoms with Crippen LogP contribution < -0.4 is 5.32 Å². The van der Waals surface area contributed by atoms with E-state index in [-0.39, 0.29) is 5.91 Å². The third kappa shape index (κ3) is 2.55. The Morgan fingerprint density at radius 1 is 1.44 bits per heavy atom. The predicted molar refractivity (Wildman–Crippen MR) is 62.9 cm³/mol. The molecule has 16 heavy (non-hydrogen) atoms. The summed E-state index contributed by atoms with van der Waals surface area (Å²) < 4.78 is 0. The standard InChI is InChI=1S/C12H19N3O/c1-2-7-15-11(3-4-12(15)16)10-14-8-5-13-6-9-14/h1,11,13H,3-10H2.